The zero-order chi connectivity index (χ0) is 16.9. The van der Waals surface area contributed by atoms with E-state index in [4.69, 9.17) is 0 Å². The van der Waals surface area contributed by atoms with Crippen molar-refractivity contribution in [3.63, 3.8) is 0 Å². The third kappa shape index (κ3) is 3.95. The standard InChI is InChI=1S/C17H18N6O/c1-12-7-13(2)21-15(8-12)22-17(24)20-10-14-3-4-16(19-9-14)23-6-5-18-11-23/h3-9,11H,10H2,1-2H3,(H2,20,21,22,24). The molecule has 0 aliphatic rings. The Kier molecular flexibility index (Phi) is 4.51. The van der Waals surface area contributed by atoms with Gasteiger partial charge in [0.1, 0.15) is 18.0 Å². The van der Waals surface area contributed by atoms with Gasteiger partial charge >= 0.3 is 6.03 Å². The van der Waals surface area contributed by atoms with Gasteiger partial charge in [0.15, 0.2) is 0 Å². The zero-order valence-electron chi connectivity index (χ0n) is 13.5. The average molecular weight is 322 g/mol. The van der Waals surface area contributed by atoms with Gasteiger partial charge in [0.2, 0.25) is 0 Å². The van der Waals surface area contributed by atoms with Crippen molar-refractivity contribution in [1.29, 1.82) is 0 Å². The van der Waals surface area contributed by atoms with E-state index in [9.17, 15) is 4.79 Å². The summed E-state index contributed by atoms with van der Waals surface area (Å²) in [5.41, 5.74) is 2.82. The second-order valence-electron chi connectivity index (χ2n) is 5.47. The fourth-order valence-corrected chi connectivity index (χ4v) is 2.32. The van der Waals surface area contributed by atoms with Crippen molar-refractivity contribution in [3.05, 3.63) is 66.0 Å². The van der Waals surface area contributed by atoms with Crippen LogP contribution in [0.4, 0.5) is 10.6 Å². The van der Waals surface area contributed by atoms with Crippen molar-refractivity contribution in [2.24, 2.45) is 0 Å². The first-order valence-corrected chi connectivity index (χ1v) is 7.53. The van der Waals surface area contributed by atoms with E-state index in [0.717, 1.165) is 22.6 Å². The number of carbonyl (C=O) groups is 1. The number of anilines is 1. The van der Waals surface area contributed by atoms with Gasteiger partial charge in [0.05, 0.1) is 0 Å². The molecule has 0 unspecified atom stereocenters. The predicted octanol–water partition coefficient (Wildman–Crippen LogP) is 2.60. The van der Waals surface area contributed by atoms with Gasteiger partial charge in [0.25, 0.3) is 0 Å². The summed E-state index contributed by atoms with van der Waals surface area (Å²) < 4.78 is 1.82. The molecule has 0 atom stereocenters. The molecular weight excluding hydrogens is 304 g/mol. The first-order chi connectivity index (χ1) is 11.6. The van der Waals surface area contributed by atoms with E-state index in [1.54, 1.807) is 18.7 Å². The lowest BCUT2D eigenvalue weighted by Crippen LogP contribution is -2.28. The number of amides is 2. The summed E-state index contributed by atoms with van der Waals surface area (Å²) in [6.07, 6.45) is 6.93. The number of pyridine rings is 2. The number of urea groups is 1. The van der Waals surface area contributed by atoms with Crippen molar-refractivity contribution in [3.8, 4) is 5.82 Å². The van der Waals surface area contributed by atoms with E-state index in [2.05, 4.69) is 25.6 Å². The molecule has 0 aromatic carbocycles. The lowest BCUT2D eigenvalue weighted by atomic mass is 10.2. The maximum Gasteiger partial charge on any atom is 0.320 e. The number of hydrogen-bond acceptors (Lipinski definition) is 4. The van der Waals surface area contributed by atoms with Crippen LogP contribution in [-0.2, 0) is 6.54 Å². The summed E-state index contributed by atoms with van der Waals surface area (Å²) in [5.74, 6) is 1.32. The highest BCUT2D eigenvalue weighted by Gasteiger charge is 2.05. The molecule has 3 rings (SSSR count). The Morgan fingerprint density at radius 1 is 1.25 bits per heavy atom. The van der Waals surface area contributed by atoms with E-state index < -0.39 is 0 Å². The van der Waals surface area contributed by atoms with Crippen molar-refractivity contribution in [1.82, 2.24) is 24.8 Å². The molecule has 3 heterocycles. The number of nitrogens with zero attached hydrogens (tertiary/aromatic N) is 4. The minimum absolute atomic E-state index is 0.300. The van der Waals surface area contributed by atoms with Gasteiger partial charge in [-0.25, -0.2) is 19.7 Å². The van der Waals surface area contributed by atoms with Gasteiger partial charge in [-0.1, -0.05) is 6.07 Å². The first-order valence-electron chi connectivity index (χ1n) is 7.53. The summed E-state index contributed by atoms with van der Waals surface area (Å²) in [5, 5.41) is 5.53. The Balaban J connectivity index is 1.56. The van der Waals surface area contributed by atoms with Gasteiger partial charge in [-0.15, -0.1) is 0 Å². The molecule has 0 fully saturated rings. The van der Waals surface area contributed by atoms with E-state index in [0.29, 0.717) is 12.4 Å². The monoisotopic (exact) mass is 322 g/mol. The fourth-order valence-electron chi connectivity index (χ4n) is 2.32. The smallest absolute Gasteiger partial charge is 0.320 e. The number of rotatable bonds is 4. The van der Waals surface area contributed by atoms with Crippen molar-refractivity contribution >= 4 is 11.8 Å². The highest BCUT2D eigenvalue weighted by Crippen LogP contribution is 2.09. The van der Waals surface area contributed by atoms with Crippen LogP contribution in [0.2, 0.25) is 0 Å². The summed E-state index contributed by atoms with van der Waals surface area (Å²) >= 11 is 0. The topological polar surface area (TPSA) is 84.7 Å². The van der Waals surface area contributed by atoms with Crippen LogP contribution in [-0.4, -0.2) is 25.6 Å². The number of aromatic nitrogens is 4. The first kappa shape index (κ1) is 15.7. The molecule has 24 heavy (non-hydrogen) atoms. The molecule has 3 aromatic rings. The molecule has 0 spiro atoms. The van der Waals surface area contributed by atoms with E-state index >= 15 is 0 Å². The highest BCUT2D eigenvalue weighted by atomic mass is 16.2. The SMILES string of the molecule is Cc1cc(C)nc(NC(=O)NCc2ccc(-n3ccnc3)nc2)c1. The minimum atomic E-state index is -0.300. The summed E-state index contributed by atoms with van der Waals surface area (Å²) in [6, 6.07) is 7.27. The Morgan fingerprint density at radius 2 is 2.12 bits per heavy atom. The van der Waals surface area contributed by atoms with Crippen LogP contribution in [0.5, 0.6) is 0 Å². The minimum Gasteiger partial charge on any atom is -0.334 e. The largest absolute Gasteiger partial charge is 0.334 e. The third-order valence-corrected chi connectivity index (χ3v) is 3.37. The van der Waals surface area contributed by atoms with Crippen LogP contribution in [0, 0.1) is 13.8 Å². The molecule has 3 aromatic heterocycles. The van der Waals surface area contributed by atoms with Crippen molar-refractivity contribution in [2.45, 2.75) is 20.4 Å². The maximum absolute atomic E-state index is 12.0. The van der Waals surface area contributed by atoms with Crippen LogP contribution in [0.15, 0.2) is 49.2 Å². The van der Waals surface area contributed by atoms with E-state index in [1.165, 1.54) is 0 Å². The Bertz CT molecular complexity index is 807. The molecule has 122 valence electrons. The summed E-state index contributed by atoms with van der Waals surface area (Å²) in [7, 11) is 0. The molecular formula is C17H18N6O. The molecule has 0 aliphatic carbocycles. The number of nitrogens with one attached hydrogen (secondary N) is 2. The molecule has 0 radical (unpaired) electrons. The molecule has 2 amide bonds. The predicted molar refractivity (Wildman–Crippen MR) is 90.9 cm³/mol. The zero-order valence-corrected chi connectivity index (χ0v) is 13.5. The van der Waals surface area contributed by atoms with Crippen molar-refractivity contribution < 1.29 is 4.79 Å². The maximum atomic E-state index is 12.0. The van der Waals surface area contributed by atoms with Gasteiger partial charge in [-0.2, -0.15) is 0 Å². The number of carbonyl (C=O) groups excluding carboxylic acids is 1. The molecule has 0 saturated carbocycles. The third-order valence-electron chi connectivity index (χ3n) is 3.37. The second-order valence-corrected chi connectivity index (χ2v) is 5.47. The number of aryl methyl sites for hydroxylation is 2. The molecule has 2 N–H and O–H groups in total. The second kappa shape index (κ2) is 6.91. The highest BCUT2D eigenvalue weighted by molar-refractivity contribution is 5.88. The molecule has 0 aliphatic heterocycles. The van der Waals surface area contributed by atoms with Crippen molar-refractivity contribution in [2.75, 3.05) is 5.32 Å². The van der Waals surface area contributed by atoms with Crippen LogP contribution >= 0.6 is 0 Å². The van der Waals surface area contributed by atoms with Crippen LogP contribution < -0.4 is 10.6 Å². The van der Waals surface area contributed by atoms with Gasteiger partial charge in [-0.05, 0) is 43.2 Å². The molecule has 7 nitrogen and oxygen atoms in total. The fraction of sp³-hybridized carbons (Fsp3) is 0.176. The Hall–Kier alpha value is -3.22. The Labute approximate surface area is 139 Å². The molecule has 0 saturated heterocycles. The Morgan fingerprint density at radius 3 is 2.79 bits per heavy atom. The summed E-state index contributed by atoms with van der Waals surface area (Å²) in [4.78, 5) is 24.6. The van der Waals surface area contributed by atoms with Gasteiger partial charge in [-0.3, -0.25) is 9.88 Å². The quantitative estimate of drug-likeness (QED) is 0.773. The van der Waals surface area contributed by atoms with Gasteiger partial charge < -0.3 is 5.32 Å². The molecule has 0 bridgehead atoms. The number of imidazole rings is 1. The lowest BCUT2D eigenvalue weighted by Gasteiger charge is -2.09. The number of hydrogen-bond donors (Lipinski definition) is 2. The van der Waals surface area contributed by atoms with E-state index in [1.807, 2.05) is 48.9 Å². The van der Waals surface area contributed by atoms with Crippen LogP contribution in [0.25, 0.3) is 5.82 Å². The van der Waals surface area contributed by atoms with Crippen LogP contribution in [0.3, 0.4) is 0 Å². The summed E-state index contributed by atoms with van der Waals surface area (Å²) in [6.45, 7) is 4.24. The van der Waals surface area contributed by atoms with Gasteiger partial charge in [0, 0.05) is 30.8 Å². The normalized spacial score (nSPS) is 10.4. The lowest BCUT2D eigenvalue weighted by molar-refractivity contribution is 0.251. The van der Waals surface area contributed by atoms with E-state index in [-0.39, 0.29) is 6.03 Å². The van der Waals surface area contributed by atoms with Crippen LogP contribution in [0.1, 0.15) is 16.8 Å². The molecule has 7 heteroatoms. The average Bonchev–Trinajstić information content (AvgIpc) is 3.07.